The molecule has 11 heteroatoms. The molecular formula is C24H26N4O6S. The van der Waals surface area contributed by atoms with Crippen LogP contribution in [0.5, 0.6) is 5.75 Å². The molecule has 0 aliphatic carbocycles. The van der Waals surface area contributed by atoms with Gasteiger partial charge in [-0.15, -0.1) is 0 Å². The second-order valence-corrected chi connectivity index (χ2v) is 9.65. The third kappa shape index (κ3) is 7.51. The average Bonchev–Trinajstić information content (AvgIpc) is 2.83. The van der Waals surface area contributed by atoms with E-state index in [0.29, 0.717) is 24.0 Å². The lowest BCUT2D eigenvalue weighted by Gasteiger charge is -2.14. The molecule has 0 spiro atoms. The standard InChI is InChI=1S/C24H26N4O6S/c1-16(2)15-33-20-9-5-18(6-10-20)23(30)34-17(3)22(29)27-19-7-11-21(12-8-19)35(31,32)28-24-25-13-4-14-26-24/h4-14,16-17H,15H2,1-3H3,(H,27,29)(H,25,26,28)/t17-/m0/s1. The Labute approximate surface area is 203 Å². The zero-order valence-corrected chi connectivity index (χ0v) is 20.3. The fraction of sp³-hybridized carbons (Fsp3) is 0.250. The van der Waals surface area contributed by atoms with Crippen molar-refractivity contribution in [2.45, 2.75) is 31.8 Å². The molecule has 3 rings (SSSR count). The highest BCUT2D eigenvalue weighted by Gasteiger charge is 2.20. The number of aromatic nitrogens is 2. The van der Waals surface area contributed by atoms with E-state index in [-0.39, 0.29) is 16.4 Å². The van der Waals surface area contributed by atoms with E-state index in [4.69, 9.17) is 9.47 Å². The SMILES string of the molecule is CC(C)COc1ccc(C(=O)O[C@@H](C)C(=O)Nc2ccc(S(=O)(=O)Nc3ncccn3)cc2)cc1. The maximum atomic E-state index is 12.4. The van der Waals surface area contributed by atoms with Gasteiger partial charge in [-0.3, -0.25) is 4.79 Å². The highest BCUT2D eigenvalue weighted by atomic mass is 32.2. The number of carbonyl (C=O) groups is 2. The fourth-order valence-electron chi connectivity index (χ4n) is 2.72. The van der Waals surface area contributed by atoms with E-state index in [1.54, 1.807) is 30.3 Å². The summed E-state index contributed by atoms with van der Waals surface area (Å²) >= 11 is 0. The Balaban J connectivity index is 1.55. The van der Waals surface area contributed by atoms with Gasteiger partial charge in [-0.05, 0) is 67.4 Å². The van der Waals surface area contributed by atoms with E-state index in [9.17, 15) is 18.0 Å². The molecule has 10 nitrogen and oxygen atoms in total. The van der Waals surface area contributed by atoms with Crippen LogP contribution >= 0.6 is 0 Å². The second-order valence-electron chi connectivity index (χ2n) is 7.97. The minimum absolute atomic E-state index is 0.0387. The maximum absolute atomic E-state index is 12.4. The molecule has 1 atom stereocenters. The smallest absolute Gasteiger partial charge is 0.338 e. The van der Waals surface area contributed by atoms with Crippen molar-refractivity contribution in [2.24, 2.45) is 5.92 Å². The molecular weight excluding hydrogens is 472 g/mol. The molecule has 0 saturated heterocycles. The summed E-state index contributed by atoms with van der Waals surface area (Å²) in [7, 11) is -3.90. The molecule has 0 aliphatic heterocycles. The van der Waals surface area contributed by atoms with Crippen LogP contribution in [0.15, 0.2) is 71.9 Å². The lowest BCUT2D eigenvalue weighted by atomic mass is 10.2. The molecule has 0 unspecified atom stereocenters. The molecule has 0 radical (unpaired) electrons. The number of amides is 1. The summed E-state index contributed by atoms with van der Waals surface area (Å²) in [6.45, 7) is 6.07. The number of carbonyl (C=O) groups excluding carboxylic acids is 2. The first-order valence-electron chi connectivity index (χ1n) is 10.8. The van der Waals surface area contributed by atoms with Crippen LogP contribution in [-0.4, -0.2) is 43.0 Å². The summed E-state index contributed by atoms with van der Waals surface area (Å²) in [6, 6.07) is 13.5. The van der Waals surface area contributed by atoms with Gasteiger partial charge < -0.3 is 14.8 Å². The normalized spacial score (nSPS) is 12.0. The van der Waals surface area contributed by atoms with Crippen molar-refractivity contribution in [3.8, 4) is 5.75 Å². The molecule has 0 saturated carbocycles. The Morgan fingerprint density at radius 3 is 2.17 bits per heavy atom. The van der Waals surface area contributed by atoms with Crippen LogP contribution in [0.1, 0.15) is 31.1 Å². The molecule has 1 heterocycles. The molecule has 1 aromatic heterocycles. The first-order chi connectivity index (χ1) is 16.6. The number of benzene rings is 2. The van der Waals surface area contributed by atoms with Gasteiger partial charge in [-0.1, -0.05) is 13.8 Å². The Morgan fingerprint density at radius 2 is 1.57 bits per heavy atom. The predicted octanol–water partition coefficient (Wildman–Crippen LogP) is 3.50. The maximum Gasteiger partial charge on any atom is 0.338 e. The molecule has 2 N–H and O–H groups in total. The Hall–Kier alpha value is -3.99. The molecule has 184 valence electrons. The zero-order valence-electron chi connectivity index (χ0n) is 19.5. The van der Waals surface area contributed by atoms with Crippen molar-refractivity contribution in [1.29, 1.82) is 0 Å². The number of anilines is 2. The Kier molecular flexibility index (Phi) is 8.37. The number of hydrogen-bond acceptors (Lipinski definition) is 8. The van der Waals surface area contributed by atoms with E-state index >= 15 is 0 Å². The minimum atomic E-state index is -3.90. The quantitative estimate of drug-likeness (QED) is 0.405. The van der Waals surface area contributed by atoms with E-state index < -0.39 is 28.0 Å². The monoisotopic (exact) mass is 498 g/mol. The summed E-state index contributed by atoms with van der Waals surface area (Å²) in [5, 5.41) is 2.59. The molecule has 0 fully saturated rings. The van der Waals surface area contributed by atoms with Gasteiger partial charge in [0.15, 0.2) is 6.10 Å². The molecule has 0 aliphatic rings. The van der Waals surface area contributed by atoms with Crippen LogP contribution in [0.2, 0.25) is 0 Å². The van der Waals surface area contributed by atoms with Crippen LogP contribution in [-0.2, 0) is 19.6 Å². The molecule has 2 aromatic carbocycles. The van der Waals surface area contributed by atoms with E-state index in [1.165, 1.54) is 43.6 Å². The second kappa shape index (κ2) is 11.4. The van der Waals surface area contributed by atoms with E-state index in [1.807, 2.05) is 13.8 Å². The topological polar surface area (TPSA) is 137 Å². The van der Waals surface area contributed by atoms with Crippen LogP contribution in [0.4, 0.5) is 11.6 Å². The van der Waals surface area contributed by atoms with Crippen LogP contribution in [0.3, 0.4) is 0 Å². The number of hydrogen-bond donors (Lipinski definition) is 2. The van der Waals surface area contributed by atoms with Crippen LogP contribution < -0.4 is 14.8 Å². The van der Waals surface area contributed by atoms with Crippen molar-refractivity contribution in [3.63, 3.8) is 0 Å². The summed E-state index contributed by atoms with van der Waals surface area (Å²) in [4.78, 5) is 32.4. The van der Waals surface area contributed by atoms with Gasteiger partial charge in [-0.2, -0.15) is 0 Å². The minimum Gasteiger partial charge on any atom is -0.493 e. The lowest BCUT2D eigenvalue weighted by Crippen LogP contribution is -2.30. The molecule has 0 bridgehead atoms. The van der Waals surface area contributed by atoms with Crippen molar-refractivity contribution in [2.75, 3.05) is 16.6 Å². The molecule has 3 aromatic rings. The number of ether oxygens (including phenoxy) is 2. The number of esters is 1. The zero-order chi connectivity index (χ0) is 25.4. The Morgan fingerprint density at radius 1 is 0.943 bits per heavy atom. The van der Waals surface area contributed by atoms with E-state index in [0.717, 1.165) is 0 Å². The predicted molar refractivity (Wildman–Crippen MR) is 130 cm³/mol. The van der Waals surface area contributed by atoms with Gasteiger partial charge in [0.1, 0.15) is 5.75 Å². The van der Waals surface area contributed by atoms with Gasteiger partial charge in [0, 0.05) is 18.1 Å². The third-order valence-corrected chi connectivity index (χ3v) is 5.89. The van der Waals surface area contributed by atoms with Crippen molar-refractivity contribution in [3.05, 3.63) is 72.6 Å². The van der Waals surface area contributed by atoms with Gasteiger partial charge >= 0.3 is 5.97 Å². The Bertz CT molecular complexity index is 1250. The van der Waals surface area contributed by atoms with Crippen molar-refractivity contribution >= 4 is 33.5 Å². The lowest BCUT2D eigenvalue weighted by molar-refractivity contribution is -0.123. The summed E-state index contributed by atoms with van der Waals surface area (Å²) in [5.41, 5.74) is 0.616. The molecule has 1 amide bonds. The summed E-state index contributed by atoms with van der Waals surface area (Å²) in [6.07, 6.45) is 1.74. The summed E-state index contributed by atoms with van der Waals surface area (Å²) in [5.74, 6) is -0.267. The van der Waals surface area contributed by atoms with Gasteiger partial charge in [0.2, 0.25) is 5.95 Å². The van der Waals surface area contributed by atoms with Gasteiger partial charge in [0.05, 0.1) is 17.1 Å². The van der Waals surface area contributed by atoms with Crippen molar-refractivity contribution in [1.82, 2.24) is 9.97 Å². The van der Waals surface area contributed by atoms with Crippen molar-refractivity contribution < 1.29 is 27.5 Å². The highest BCUT2D eigenvalue weighted by molar-refractivity contribution is 7.92. The van der Waals surface area contributed by atoms with Gasteiger partial charge in [0.25, 0.3) is 15.9 Å². The van der Waals surface area contributed by atoms with E-state index in [2.05, 4.69) is 20.0 Å². The first kappa shape index (κ1) is 25.6. The third-order valence-electron chi connectivity index (χ3n) is 4.55. The number of rotatable bonds is 10. The average molecular weight is 499 g/mol. The van der Waals surface area contributed by atoms with Crippen LogP contribution in [0.25, 0.3) is 0 Å². The summed E-state index contributed by atoms with van der Waals surface area (Å²) < 4.78 is 38.0. The first-order valence-corrected chi connectivity index (χ1v) is 12.3. The highest BCUT2D eigenvalue weighted by Crippen LogP contribution is 2.18. The largest absolute Gasteiger partial charge is 0.493 e. The number of sulfonamides is 1. The molecule has 35 heavy (non-hydrogen) atoms. The number of nitrogens with one attached hydrogen (secondary N) is 2. The number of nitrogens with zero attached hydrogens (tertiary/aromatic N) is 2. The van der Waals surface area contributed by atoms with Gasteiger partial charge in [-0.25, -0.2) is 27.9 Å². The van der Waals surface area contributed by atoms with Crippen LogP contribution in [0, 0.1) is 5.92 Å². The fourth-order valence-corrected chi connectivity index (χ4v) is 3.68.